The molecule has 3 fully saturated rings. The van der Waals surface area contributed by atoms with Gasteiger partial charge in [0.05, 0.1) is 6.04 Å². The number of hydrogen-bond donors (Lipinski definition) is 1. The van der Waals surface area contributed by atoms with Crippen LogP contribution in [0.15, 0.2) is 0 Å². The number of hydrogen-bond acceptors (Lipinski definition) is 2. The van der Waals surface area contributed by atoms with Gasteiger partial charge in [0.1, 0.15) is 0 Å². The van der Waals surface area contributed by atoms with Gasteiger partial charge in [0.25, 0.3) is 0 Å². The number of nitrogens with zero attached hydrogens (tertiary/aromatic N) is 1. The summed E-state index contributed by atoms with van der Waals surface area (Å²) in [6.45, 7) is 0.959. The maximum Gasteiger partial charge on any atom is 0.239 e. The molecule has 4 atom stereocenters. The van der Waals surface area contributed by atoms with Crippen LogP contribution in [0.1, 0.15) is 38.5 Å². The molecule has 1 amide bonds. The van der Waals surface area contributed by atoms with Crippen molar-refractivity contribution in [2.45, 2.75) is 50.6 Å². The molecule has 0 spiro atoms. The summed E-state index contributed by atoms with van der Waals surface area (Å²) in [6.07, 6.45) is 7.34. The van der Waals surface area contributed by atoms with Crippen molar-refractivity contribution in [3.05, 3.63) is 0 Å². The molecular weight excluding hydrogens is 188 g/mol. The monoisotopic (exact) mass is 208 g/mol. The van der Waals surface area contributed by atoms with Gasteiger partial charge in [-0.15, -0.1) is 0 Å². The average Bonchev–Trinajstić information content (AvgIpc) is 2.83. The summed E-state index contributed by atoms with van der Waals surface area (Å²) >= 11 is 0. The molecule has 4 unspecified atom stereocenters. The van der Waals surface area contributed by atoms with Gasteiger partial charge < -0.3 is 10.6 Å². The van der Waals surface area contributed by atoms with Crippen LogP contribution in [0.25, 0.3) is 0 Å². The molecule has 0 aromatic heterocycles. The molecule has 84 valence electrons. The normalized spacial score (nSPS) is 45.1. The molecule has 0 radical (unpaired) electrons. The van der Waals surface area contributed by atoms with Gasteiger partial charge in [-0.3, -0.25) is 4.79 Å². The second-order valence-corrected chi connectivity index (χ2v) is 5.52. The van der Waals surface area contributed by atoms with Gasteiger partial charge in [0.2, 0.25) is 5.91 Å². The Kier molecular flexibility index (Phi) is 2.23. The molecule has 1 aliphatic heterocycles. The summed E-state index contributed by atoms with van der Waals surface area (Å²) in [6, 6.07) is 0.334. The van der Waals surface area contributed by atoms with Gasteiger partial charge in [0, 0.05) is 12.6 Å². The second-order valence-electron chi connectivity index (χ2n) is 5.52. The highest BCUT2D eigenvalue weighted by Gasteiger charge is 2.44. The Morgan fingerprint density at radius 2 is 2.07 bits per heavy atom. The lowest BCUT2D eigenvalue weighted by Gasteiger charge is -2.39. The number of likely N-dealkylation sites (tertiary alicyclic amines) is 1. The van der Waals surface area contributed by atoms with E-state index in [0.717, 1.165) is 31.2 Å². The summed E-state index contributed by atoms with van der Waals surface area (Å²) in [5.74, 6) is 1.93. The molecule has 3 rings (SSSR count). The smallest absolute Gasteiger partial charge is 0.239 e. The zero-order valence-electron chi connectivity index (χ0n) is 9.19. The molecule has 3 heteroatoms. The SMILES string of the molecule is NC1CCCN(C2CC3CCC2C3)C1=O. The first kappa shape index (κ1) is 9.64. The lowest BCUT2D eigenvalue weighted by Crippen LogP contribution is -2.53. The summed E-state index contributed by atoms with van der Waals surface area (Å²) in [5.41, 5.74) is 5.84. The molecule has 1 heterocycles. The van der Waals surface area contributed by atoms with Crippen molar-refractivity contribution in [1.29, 1.82) is 0 Å². The molecule has 2 aliphatic carbocycles. The quantitative estimate of drug-likeness (QED) is 0.702. The van der Waals surface area contributed by atoms with Gasteiger partial charge in [-0.25, -0.2) is 0 Å². The Labute approximate surface area is 91.0 Å². The molecule has 2 N–H and O–H groups in total. The molecule has 3 aliphatic rings. The zero-order chi connectivity index (χ0) is 10.4. The Balaban J connectivity index is 1.74. The topological polar surface area (TPSA) is 46.3 Å². The van der Waals surface area contributed by atoms with E-state index in [0.29, 0.717) is 6.04 Å². The van der Waals surface area contributed by atoms with Crippen LogP contribution in [0.5, 0.6) is 0 Å². The molecular formula is C12H20N2O. The van der Waals surface area contributed by atoms with Crippen LogP contribution in [-0.2, 0) is 4.79 Å². The third-order valence-corrected chi connectivity index (χ3v) is 4.62. The van der Waals surface area contributed by atoms with Gasteiger partial charge in [-0.05, 0) is 43.9 Å². The molecule has 2 saturated carbocycles. The van der Waals surface area contributed by atoms with Gasteiger partial charge in [-0.2, -0.15) is 0 Å². The van der Waals surface area contributed by atoms with E-state index in [2.05, 4.69) is 4.90 Å². The maximum absolute atomic E-state index is 12.0. The molecule has 2 bridgehead atoms. The minimum Gasteiger partial charge on any atom is -0.338 e. The fourth-order valence-electron chi connectivity index (χ4n) is 3.85. The van der Waals surface area contributed by atoms with E-state index in [9.17, 15) is 4.79 Å². The van der Waals surface area contributed by atoms with E-state index >= 15 is 0 Å². The molecule has 15 heavy (non-hydrogen) atoms. The number of fused-ring (bicyclic) bond motifs is 2. The standard InChI is InChI=1S/C12H20N2O/c13-10-2-1-5-14(12(10)15)11-7-8-3-4-9(11)6-8/h8-11H,1-7,13H2. The Hall–Kier alpha value is -0.570. The van der Waals surface area contributed by atoms with E-state index in [1.807, 2.05) is 0 Å². The van der Waals surface area contributed by atoms with Crippen LogP contribution >= 0.6 is 0 Å². The number of carbonyl (C=O) groups excluding carboxylic acids is 1. The highest BCUT2D eigenvalue weighted by molar-refractivity contribution is 5.82. The maximum atomic E-state index is 12.0. The van der Waals surface area contributed by atoms with Crippen LogP contribution < -0.4 is 5.73 Å². The Bertz CT molecular complexity index is 279. The number of amides is 1. The number of piperidine rings is 1. The van der Waals surface area contributed by atoms with E-state index in [1.54, 1.807) is 0 Å². The van der Waals surface area contributed by atoms with Gasteiger partial charge >= 0.3 is 0 Å². The number of carbonyl (C=O) groups is 1. The first-order chi connectivity index (χ1) is 7.25. The summed E-state index contributed by atoms with van der Waals surface area (Å²) in [5, 5.41) is 0. The molecule has 1 saturated heterocycles. The predicted molar refractivity (Wildman–Crippen MR) is 58.2 cm³/mol. The summed E-state index contributed by atoms with van der Waals surface area (Å²) in [4.78, 5) is 14.1. The first-order valence-electron chi connectivity index (χ1n) is 6.32. The predicted octanol–water partition coefficient (Wildman–Crippen LogP) is 1.12. The highest BCUT2D eigenvalue weighted by Crippen LogP contribution is 2.47. The minimum absolute atomic E-state index is 0.210. The van der Waals surface area contributed by atoms with Crippen molar-refractivity contribution < 1.29 is 4.79 Å². The van der Waals surface area contributed by atoms with Crippen LogP contribution in [-0.4, -0.2) is 29.4 Å². The third-order valence-electron chi connectivity index (χ3n) is 4.62. The fourth-order valence-corrected chi connectivity index (χ4v) is 3.85. The molecule has 0 aromatic rings. The van der Waals surface area contributed by atoms with Crippen LogP contribution in [0.3, 0.4) is 0 Å². The lowest BCUT2D eigenvalue weighted by molar-refractivity contribution is -0.138. The first-order valence-corrected chi connectivity index (χ1v) is 6.32. The average molecular weight is 208 g/mol. The fraction of sp³-hybridized carbons (Fsp3) is 0.917. The Morgan fingerprint density at radius 1 is 1.20 bits per heavy atom. The van der Waals surface area contributed by atoms with E-state index in [4.69, 9.17) is 5.73 Å². The Morgan fingerprint density at radius 3 is 2.73 bits per heavy atom. The zero-order valence-corrected chi connectivity index (χ0v) is 9.19. The third kappa shape index (κ3) is 1.48. The van der Waals surface area contributed by atoms with E-state index in [1.165, 1.54) is 25.7 Å². The molecule has 3 nitrogen and oxygen atoms in total. The van der Waals surface area contributed by atoms with Crippen molar-refractivity contribution in [3.8, 4) is 0 Å². The number of nitrogens with two attached hydrogens (primary N) is 1. The van der Waals surface area contributed by atoms with Crippen molar-refractivity contribution in [2.24, 2.45) is 17.6 Å². The van der Waals surface area contributed by atoms with Gasteiger partial charge in [-0.1, -0.05) is 6.42 Å². The van der Waals surface area contributed by atoms with Crippen LogP contribution in [0, 0.1) is 11.8 Å². The van der Waals surface area contributed by atoms with Crippen molar-refractivity contribution in [3.63, 3.8) is 0 Å². The van der Waals surface area contributed by atoms with Crippen molar-refractivity contribution in [1.82, 2.24) is 4.90 Å². The van der Waals surface area contributed by atoms with Crippen molar-refractivity contribution >= 4 is 5.91 Å². The molecule has 0 aromatic carbocycles. The van der Waals surface area contributed by atoms with Crippen LogP contribution in [0.4, 0.5) is 0 Å². The lowest BCUT2D eigenvalue weighted by atomic mass is 9.91. The second kappa shape index (κ2) is 3.48. The van der Waals surface area contributed by atoms with Crippen molar-refractivity contribution in [2.75, 3.05) is 6.54 Å². The highest BCUT2D eigenvalue weighted by atomic mass is 16.2. The number of rotatable bonds is 1. The largest absolute Gasteiger partial charge is 0.338 e. The van der Waals surface area contributed by atoms with Crippen LogP contribution in [0.2, 0.25) is 0 Å². The minimum atomic E-state index is -0.210. The summed E-state index contributed by atoms with van der Waals surface area (Å²) < 4.78 is 0. The van der Waals surface area contributed by atoms with E-state index in [-0.39, 0.29) is 11.9 Å². The van der Waals surface area contributed by atoms with Gasteiger partial charge in [0.15, 0.2) is 0 Å². The van der Waals surface area contributed by atoms with E-state index < -0.39 is 0 Å². The summed E-state index contributed by atoms with van der Waals surface area (Å²) in [7, 11) is 0.